The van der Waals surface area contributed by atoms with Crippen LogP contribution in [-0.2, 0) is 6.42 Å². The summed E-state index contributed by atoms with van der Waals surface area (Å²) in [5, 5.41) is 19.9. The Morgan fingerprint density at radius 2 is 2.00 bits per heavy atom. The molecule has 0 aliphatic heterocycles. The quantitative estimate of drug-likeness (QED) is 0.764. The number of fused-ring (bicyclic) bond motifs is 5. The number of hydrogen-bond acceptors (Lipinski definition) is 2. The molecule has 0 heterocycles. The summed E-state index contributed by atoms with van der Waals surface area (Å²) in [7, 11) is 0. The second-order valence-electron chi connectivity index (χ2n) is 7.56. The molecule has 0 spiro atoms. The van der Waals surface area contributed by atoms with Crippen molar-refractivity contribution in [1.29, 1.82) is 0 Å². The zero-order chi connectivity index (χ0) is 14.8. The Morgan fingerprint density at radius 3 is 2.81 bits per heavy atom. The molecule has 3 aliphatic rings. The number of phenolic OH excluding ortho intramolecular Hbond substituents is 1. The second kappa shape index (κ2) is 4.45. The molecule has 0 aromatic heterocycles. The summed E-state index contributed by atoms with van der Waals surface area (Å²) in [6.45, 7) is 2.25. The van der Waals surface area contributed by atoms with Gasteiger partial charge in [-0.25, -0.2) is 4.39 Å². The van der Waals surface area contributed by atoms with E-state index in [0.29, 0.717) is 17.8 Å². The molecule has 0 amide bonds. The van der Waals surface area contributed by atoms with Gasteiger partial charge < -0.3 is 10.2 Å². The lowest BCUT2D eigenvalue weighted by atomic mass is 9.55. The molecule has 5 atom stereocenters. The van der Waals surface area contributed by atoms with Crippen molar-refractivity contribution in [2.45, 2.75) is 57.5 Å². The number of aliphatic hydroxyl groups is 1. The topological polar surface area (TPSA) is 40.5 Å². The third-order valence-electron chi connectivity index (χ3n) is 6.74. The monoisotopic (exact) mass is 290 g/mol. The van der Waals surface area contributed by atoms with E-state index in [1.54, 1.807) is 12.1 Å². The number of rotatable bonds is 0. The van der Waals surface area contributed by atoms with Crippen molar-refractivity contribution < 1.29 is 14.6 Å². The van der Waals surface area contributed by atoms with Crippen LogP contribution in [0, 0.1) is 23.1 Å². The SMILES string of the molecule is C[C@]12CC[C@@H]3c4cc(F)c(O)cc4CC[C@@H]3[C@@H]1CC[C@@H]2O. The van der Waals surface area contributed by atoms with Crippen LogP contribution in [0.5, 0.6) is 5.75 Å². The number of halogens is 1. The van der Waals surface area contributed by atoms with Crippen molar-refractivity contribution in [3.63, 3.8) is 0 Å². The lowest BCUT2D eigenvalue weighted by molar-refractivity contribution is -0.0226. The smallest absolute Gasteiger partial charge is 0.165 e. The molecule has 2 fully saturated rings. The fourth-order valence-electron chi connectivity index (χ4n) is 5.55. The molecule has 2 nitrogen and oxygen atoms in total. The van der Waals surface area contributed by atoms with E-state index in [2.05, 4.69) is 6.92 Å². The van der Waals surface area contributed by atoms with Gasteiger partial charge in [0.15, 0.2) is 11.6 Å². The Balaban J connectivity index is 1.73. The van der Waals surface area contributed by atoms with Gasteiger partial charge in [-0.1, -0.05) is 6.92 Å². The zero-order valence-corrected chi connectivity index (χ0v) is 12.5. The molecule has 114 valence electrons. The number of hydrogen-bond donors (Lipinski definition) is 2. The first-order valence-corrected chi connectivity index (χ1v) is 8.20. The molecular formula is C18H23FO2. The molecular weight excluding hydrogens is 267 g/mol. The van der Waals surface area contributed by atoms with E-state index in [1.165, 1.54) is 0 Å². The van der Waals surface area contributed by atoms with Crippen molar-refractivity contribution in [3.8, 4) is 5.75 Å². The predicted octanol–water partition coefficient (Wildman–Crippen LogP) is 3.75. The van der Waals surface area contributed by atoms with E-state index in [1.807, 2.05) is 0 Å². The summed E-state index contributed by atoms with van der Waals surface area (Å²) in [6, 6.07) is 3.19. The molecule has 0 bridgehead atoms. The Morgan fingerprint density at radius 1 is 1.19 bits per heavy atom. The first-order valence-electron chi connectivity index (χ1n) is 8.20. The van der Waals surface area contributed by atoms with Gasteiger partial charge >= 0.3 is 0 Å². The number of aryl methyl sites for hydroxylation is 1. The molecule has 0 unspecified atom stereocenters. The normalized spacial score (nSPS) is 41.3. The van der Waals surface area contributed by atoms with E-state index in [0.717, 1.165) is 49.7 Å². The first kappa shape index (κ1) is 13.6. The van der Waals surface area contributed by atoms with Gasteiger partial charge in [0, 0.05) is 0 Å². The van der Waals surface area contributed by atoms with Crippen molar-refractivity contribution in [1.82, 2.24) is 0 Å². The maximum absolute atomic E-state index is 13.8. The van der Waals surface area contributed by atoms with Gasteiger partial charge in [0.25, 0.3) is 0 Å². The van der Waals surface area contributed by atoms with Gasteiger partial charge in [-0.05, 0) is 85.0 Å². The van der Waals surface area contributed by atoms with E-state index in [-0.39, 0.29) is 17.3 Å². The molecule has 0 saturated heterocycles. The first-order chi connectivity index (χ1) is 10.0. The molecule has 3 aliphatic carbocycles. The number of phenols is 1. The third kappa shape index (κ3) is 1.79. The van der Waals surface area contributed by atoms with E-state index in [9.17, 15) is 14.6 Å². The van der Waals surface area contributed by atoms with Gasteiger partial charge in [0.2, 0.25) is 0 Å². The van der Waals surface area contributed by atoms with Crippen molar-refractivity contribution in [2.75, 3.05) is 0 Å². The summed E-state index contributed by atoms with van der Waals surface area (Å²) in [4.78, 5) is 0. The molecule has 0 radical (unpaired) electrons. The lowest BCUT2D eigenvalue weighted by Gasteiger charge is -2.50. The Labute approximate surface area is 125 Å². The molecule has 1 aromatic carbocycles. The molecule has 2 saturated carbocycles. The minimum Gasteiger partial charge on any atom is -0.505 e. The summed E-state index contributed by atoms with van der Waals surface area (Å²) >= 11 is 0. The minimum absolute atomic E-state index is 0.0636. The highest BCUT2D eigenvalue weighted by atomic mass is 19.1. The largest absolute Gasteiger partial charge is 0.505 e. The summed E-state index contributed by atoms with van der Waals surface area (Å²) in [5.74, 6) is 0.833. The van der Waals surface area contributed by atoms with Gasteiger partial charge in [0.1, 0.15) is 0 Å². The van der Waals surface area contributed by atoms with Crippen molar-refractivity contribution in [3.05, 3.63) is 29.1 Å². The average molecular weight is 290 g/mol. The predicted molar refractivity (Wildman–Crippen MR) is 78.7 cm³/mol. The van der Waals surface area contributed by atoms with Crippen molar-refractivity contribution >= 4 is 0 Å². The molecule has 2 N–H and O–H groups in total. The number of benzene rings is 1. The maximum Gasteiger partial charge on any atom is 0.165 e. The Bertz CT molecular complexity index is 585. The van der Waals surface area contributed by atoms with Gasteiger partial charge in [-0.3, -0.25) is 0 Å². The molecule has 21 heavy (non-hydrogen) atoms. The molecule has 4 rings (SSSR count). The summed E-state index contributed by atoms with van der Waals surface area (Å²) in [5.41, 5.74) is 2.30. The highest BCUT2D eigenvalue weighted by molar-refractivity contribution is 5.41. The highest BCUT2D eigenvalue weighted by Gasteiger charge is 2.54. The minimum atomic E-state index is -0.491. The van der Waals surface area contributed by atoms with Gasteiger partial charge in [-0.2, -0.15) is 0 Å². The van der Waals surface area contributed by atoms with Crippen LogP contribution in [0.15, 0.2) is 12.1 Å². The highest BCUT2D eigenvalue weighted by Crippen LogP contribution is 2.60. The Kier molecular flexibility index (Phi) is 2.88. The van der Waals surface area contributed by atoms with Crippen LogP contribution >= 0.6 is 0 Å². The summed E-state index contributed by atoms with van der Waals surface area (Å²) < 4.78 is 13.8. The van der Waals surface area contributed by atoms with E-state index >= 15 is 0 Å². The number of aromatic hydroxyl groups is 1. The van der Waals surface area contributed by atoms with Crippen LogP contribution in [0.25, 0.3) is 0 Å². The fourth-order valence-corrected chi connectivity index (χ4v) is 5.55. The van der Waals surface area contributed by atoms with Crippen LogP contribution < -0.4 is 0 Å². The van der Waals surface area contributed by atoms with Crippen LogP contribution in [-0.4, -0.2) is 16.3 Å². The van der Waals surface area contributed by atoms with E-state index in [4.69, 9.17) is 0 Å². The molecule has 3 heteroatoms. The maximum atomic E-state index is 13.8. The Hall–Kier alpha value is -1.09. The zero-order valence-electron chi connectivity index (χ0n) is 12.5. The third-order valence-corrected chi connectivity index (χ3v) is 6.74. The average Bonchev–Trinajstić information content (AvgIpc) is 2.76. The summed E-state index contributed by atoms with van der Waals surface area (Å²) in [6.07, 6.45) is 5.95. The van der Waals surface area contributed by atoms with Crippen LogP contribution in [0.4, 0.5) is 4.39 Å². The second-order valence-corrected chi connectivity index (χ2v) is 7.56. The number of aliphatic hydroxyl groups excluding tert-OH is 1. The van der Waals surface area contributed by atoms with Crippen molar-refractivity contribution in [2.24, 2.45) is 17.3 Å². The van der Waals surface area contributed by atoms with Crippen LogP contribution in [0.3, 0.4) is 0 Å². The molecule has 1 aromatic rings. The standard InChI is InChI=1S/C18H23FO2/c1-18-7-6-11-12(14(18)4-5-17(18)21)3-2-10-8-16(20)15(19)9-13(10)11/h8-9,11-12,14,17,20-21H,2-7H2,1H3/t11-,12-,14-,17-,18-/m0/s1. The van der Waals surface area contributed by atoms with Crippen LogP contribution in [0.2, 0.25) is 0 Å². The van der Waals surface area contributed by atoms with Crippen LogP contribution in [0.1, 0.15) is 56.1 Å². The lowest BCUT2D eigenvalue weighted by Crippen LogP contribution is -2.43. The van der Waals surface area contributed by atoms with E-state index < -0.39 is 5.82 Å². The van der Waals surface area contributed by atoms with Gasteiger partial charge in [0.05, 0.1) is 6.10 Å². The fraction of sp³-hybridized carbons (Fsp3) is 0.667. The van der Waals surface area contributed by atoms with Gasteiger partial charge in [-0.15, -0.1) is 0 Å².